The van der Waals surface area contributed by atoms with E-state index in [1.807, 2.05) is 27.7 Å². The molecule has 0 aromatic heterocycles. The topological polar surface area (TPSA) is 55.4 Å². The molecule has 2 unspecified atom stereocenters. The lowest BCUT2D eigenvalue weighted by Crippen LogP contribution is -2.53. The maximum absolute atomic E-state index is 5.89. The maximum atomic E-state index is 5.89. The average Bonchev–Trinajstić information content (AvgIpc) is 2.60. The minimum absolute atomic E-state index is 0.111. The monoisotopic (exact) mass is 450 g/mol. The predicted molar refractivity (Wildman–Crippen MR) is 114 cm³/mol. The molecule has 152 valence electrons. The van der Waals surface area contributed by atoms with Gasteiger partial charge in [0, 0.05) is 40.6 Å². The molecule has 0 aromatic carbocycles. The highest BCUT2D eigenvalue weighted by Crippen LogP contribution is 2.45. The lowest BCUT2D eigenvalue weighted by atomic mass is 10.9. The van der Waals surface area contributed by atoms with Crippen molar-refractivity contribution in [2.45, 2.75) is 51.3 Å². The Kier molecular flexibility index (Phi) is 15.0. The predicted octanol–water partition coefficient (Wildman–Crippen LogP) is 4.19. The van der Waals surface area contributed by atoms with Gasteiger partial charge < -0.3 is 26.6 Å². The summed E-state index contributed by atoms with van der Waals surface area (Å²) >= 11 is 0. The SMILES string of the molecule is CCO[Si](OC)(OCC)C(C)SSSC(C)[Si](OC)(OCC)OCC. The van der Waals surface area contributed by atoms with Gasteiger partial charge in [-0.05, 0) is 51.4 Å². The maximum Gasteiger partial charge on any atom is 0.515 e. The van der Waals surface area contributed by atoms with Crippen molar-refractivity contribution < 1.29 is 26.6 Å². The molecule has 0 saturated heterocycles. The van der Waals surface area contributed by atoms with Crippen LogP contribution >= 0.6 is 31.4 Å². The van der Waals surface area contributed by atoms with Crippen LogP contribution in [-0.4, -0.2) is 68.0 Å². The summed E-state index contributed by atoms with van der Waals surface area (Å²) < 4.78 is 34.9. The van der Waals surface area contributed by atoms with Gasteiger partial charge in [-0.2, -0.15) is 0 Å². The first-order valence-corrected chi connectivity index (χ1v) is 15.8. The Labute approximate surface area is 167 Å². The minimum atomic E-state index is -2.68. The average molecular weight is 451 g/mol. The van der Waals surface area contributed by atoms with E-state index in [0.29, 0.717) is 26.4 Å². The highest BCUT2D eigenvalue weighted by Gasteiger charge is 2.49. The van der Waals surface area contributed by atoms with Crippen LogP contribution in [0.4, 0.5) is 0 Å². The third-order valence-corrected chi connectivity index (χ3v) is 17.0. The van der Waals surface area contributed by atoms with E-state index >= 15 is 0 Å². The normalized spacial score (nSPS) is 15.4. The zero-order chi connectivity index (χ0) is 19.3. The van der Waals surface area contributed by atoms with Crippen molar-refractivity contribution in [3.63, 3.8) is 0 Å². The standard InChI is InChI=1S/C14H34O6S3Si2/c1-9-17-24(15-7,18-10-2)13(5)21-23-22-14(6)25(16-8,19-11-3)20-12-4/h13-14H,9-12H2,1-8H3. The van der Waals surface area contributed by atoms with E-state index in [1.165, 1.54) is 0 Å². The molecule has 11 heteroatoms. The van der Waals surface area contributed by atoms with Crippen LogP contribution in [0, 0.1) is 0 Å². The van der Waals surface area contributed by atoms with Gasteiger partial charge >= 0.3 is 17.6 Å². The smallest absolute Gasteiger partial charge is 0.376 e. The van der Waals surface area contributed by atoms with Gasteiger partial charge in [-0.15, -0.1) is 0 Å². The second kappa shape index (κ2) is 14.3. The summed E-state index contributed by atoms with van der Waals surface area (Å²) in [6.07, 6.45) is 0. The summed E-state index contributed by atoms with van der Waals surface area (Å²) in [6.45, 7) is 14.3. The van der Waals surface area contributed by atoms with Crippen molar-refractivity contribution in [3.8, 4) is 0 Å². The second-order valence-electron chi connectivity index (χ2n) is 4.89. The fourth-order valence-corrected chi connectivity index (χ4v) is 16.3. The van der Waals surface area contributed by atoms with Crippen molar-refractivity contribution >= 4 is 49.0 Å². The van der Waals surface area contributed by atoms with Gasteiger partial charge in [0.25, 0.3) is 0 Å². The first-order valence-electron chi connectivity index (χ1n) is 8.56. The Bertz CT molecular complexity index is 302. The van der Waals surface area contributed by atoms with E-state index in [-0.39, 0.29) is 9.75 Å². The highest BCUT2D eigenvalue weighted by molar-refractivity contribution is 9.09. The van der Waals surface area contributed by atoms with Gasteiger partial charge in [0.15, 0.2) is 0 Å². The number of hydrogen-bond donors (Lipinski definition) is 0. The van der Waals surface area contributed by atoms with Gasteiger partial charge in [-0.25, -0.2) is 0 Å². The largest absolute Gasteiger partial charge is 0.515 e. The van der Waals surface area contributed by atoms with Crippen molar-refractivity contribution in [2.75, 3.05) is 40.6 Å². The van der Waals surface area contributed by atoms with E-state index in [1.54, 1.807) is 45.6 Å². The van der Waals surface area contributed by atoms with Crippen molar-refractivity contribution in [3.05, 3.63) is 0 Å². The molecule has 6 nitrogen and oxygen atoms in total. The van der Waals surface area contributed by atoms with Gasteiger partial charge in [0.1, 0.15) is 0 Å². The second-order valence-corrected chi connectivity index (χ2v) is 16.6. The zero-order valence-corrected chi connectivity index (χ0v) is 21.1. The van der Waals surface area contributed by atoms with Crippen LogP contribution in [0.3, 0.4) is 0 Å². The minimum Gasteiger partial charge on any atom is -0.376 e. The molecule has 0 spiro atoms. The molecule has 0 rings (SSSR count). The summed E-state index contributed by atoms with van der Waals surface area (Å²) in [5.41, 5.74) is 0. The van der Waals surface area contributed by atoms with Crippen LogP contribution < -0.4 is 0 Å². The number of hydrogen-bond acceptors (Lipinski definition) is 9. The molecule has 0 heterocycles. The fourth-order valence-electron chi connectivity index (χ4n) is 2.18. The summed E-state index contributed by atoms with van der Waals surface area (Å²) in [4.78, 5) is 0.222. The van der Waals surface area contributed by atoms with E-state index in [2.05, 4.69) is 13.8 Å². The molecule has 0 bridgehead atoms. The van der Waals surface area contributed by atoms with Gasteiger partial charge in [0.2, 0.25) is 0 Å². The first kappa shape index (κ1) is 26.2. The molecule has 0 fully saturated rings. The molecule has 0 radical (unpaired) electrons. The molecule has 2 atom stereocenters. The van der Waals surface area contributed by atoms with Crippen LogP contribution in [0.2, 0.25) is 0 Å². The van der Waals surface area contributed by atoms with Crippen LogP contribution in [0.1, 0.15) is 41.5 Å². The highest BCUT2D eigenvalue weighted by atomic mass is 33.5. The summed E-state index contributed by atoms with van der Waals surface area (Å²) in [7, 11) is 3.05. The Hall–Kier alpha value is 1.24. The van der Waals surface area contributed by atoms with E-state index in [4.69, 9.17) is 26.6 Å². The van der Waals surface area contributed by atoms with Crippen molar-refractivity contribution in [2.24, 2.45) is 0 Å². The van der Waals surface area contributed by atoms with Crippen LogP contribution in [-0.2, 0) is 26.6 Å². The Morgan fingerprint density at radius 1 is 0.640 bits per heavy atom. The summed E-state index contributed by atoms with van der Waals surface area (Å²) in [6, 6.07) is 0. The third-order valence-electron chi connectivity index (χ3n) is 3.31. The Morgan fingerprint density at radius 2 is 0.920 bits per heavy atom. The van der Waals surface area contributed by atoms with Crippen LogP contribution in [0.15, 0.2) is 0 Å². The molecule has 25 heavy (non-hydrogen) atoms. The molecule has 0 N–H and O–H groups in total. The molecular weight excluding hydrogens is 417 g/mol. The summed E-state index contributed by atoms with van der Waals surface area (Å²) in [5.74, 6) is 0. The number of rotatable bonds is 16. The Morgan fingerprint density at radius 3 is 1.12 bits per heavy atom. The van der Waals surface area contributed by atoms with Gasteiger partial charge in [-0.3, -0.25) is 0 Å². The van der Waals surface area contributed by atoms with Crippen molar-refractivity contribution in [1.29, 1.82) is 0 Å². The quantitative estimate of drug-likeness (QED) is 0.254. The molecule has 0 saturated carbocycles. The van der Waals surface area contributed by atoms with E-state index < -0.39 is 17.6 Å². The Balaban J connectivity index is 4.78. The van der Waals surface area contributed by atoms with E-state index in [9.17, 15) is 0 Å². The van der Waals surface area contributed by atoms with Gasteiger partial charge in [0.05, 0.1) is 9.75 Å². The molecule has 0 aliphatic rings. The zero-order valence-electron chi connectivity index (χ0n) is 16.7. The fraction of sp³-hybridized carbons (Fsp3) is 1.00. The molecule has 0 aliphatic heterocycles. The first-order chi connectivity index (χ1) is 11.9. The molecule has 0 amide bonds. The third kappa shape index (κ3) is 8.02. The molecule has 0 aromatic rings. The lowest BCUT2D eigenvalue weighted by Gasteiger charge is -2.33. The lowest BCUT2D eigenvalue weighted by molar-refractivity contribution is 0.0856. The summed E-state index contributed by atoms with van der Waals surface area (Å²) in [5, 5.41) is 0. The van der Waals surface area contributed by atoms with Crippen LogP contribution in [0.5, 0.6) is 0 Å². The molecular formula is C14H34O6S3Si2. The molecule has 0 aliphatic carbocycles. The van der Waals surface area contributed by atoms with Crippen LogP contribution in [0.25, 0.3) is 0 Å². The van der Waals surface area contributed by atoms with E-state index in [0.717, 1.165) is 0 Å². The van der Waals surface area contributed by atoms with Gasteiger partial charge in [-0.1, -0.05) is 21.6 Å². The van der Waals surface area contributed by atoms with Crippen molar-refractivity contribution in [1.82, 2.24) is 0 Å².